The lowest BCUT2D eigenvalue weighted by Gasteiger charge is -2.10. The van der Waals surface area contributed by atoms with Crippen LogP contribution in [0.1, 0.15) is 5.56 Å². The number of hydrogen-bond donors (Lipinski definition) is 2. The van der Waals surface area contributed by atoms with Crippen molar-refractivity contribution >= 4 is 11.4 Å². The van der Waals surface area contributed by atoms with Gasteiger partial charge in [0.25, 0.3) is 0 Å². The van der Waals surface area contributed by atoms with Crippen LogP contribution in [0.2, 0.25) is 0 Å². The fraction of sp³-hybridized carbons (Fsp3) is 0.273. The van der Waals surface area contributed by atoms with E-state index in [9.17, 15) is 0 Å². The fourth-order valence-electron chi connectivity index (χ4n) is 1.49. The van der Waals surface area contributed by atoms with Crippen LogP contribution in [0.25, 0.3) is 0 Å². The molecular weight excluding hydrogens is 202 g/mol. The summed E-state index contributed by atoms with van der Waals surface area (Å²) in [4.78, 5) is 0. The van der Waals surface area contributed by atoms with Gasteiger partial charge in [0.2, 0.25) is 0 Å². The van der Waals surface area contributed by atoms with Crippen molar-refractivity contribution in [2.75, 3.05) is 17.6 Å². The Hall–Kier alpha value is -2.04. The molecule has 0 atom stereocenters. The molecule has 84 valence electrons. The topological polar surface area (TPSA) is 68.8 Å². The first-order valence-electron chi connectivity index (χ1n) is 5.20. The minimum atomic E-state index is 0.771. The monoisotopic (exact) mass is 217 g/mol. The van der Waals surface area contributed by atoms with Crippen LogP contribution in [0.4, 0.5) is 11.4 Å². The van der Waals surface area contributed by atoms with Crippen LogP contribution in [-0.2, 0) is 6.54 Å². The first kappa shape index (κ1) is 10.5. The maximum atomic E-state index is 5.94. The molecule has 2 rings (SSSR count). The van der Waals surface area contributed by atoms with E-state index < -0.39 is 0 Å². The SMILES string of the molecule is Cc1cccc(NCCn2ccnn2)c1N. The van der Waals surface area contributed by atoms with Gasteiger partial charge in [-0.05, 0) is 18.6 Å². The van der Waals surface area contributed by atoms with Crippen molar-refractivity contribution < 1.29 is 0 Å². The third kappa shape index (κ3) is 2.31. The summed E-state index contributed by atoms with van der Waals surface area (Å²) in [6, 6.07) is 5.96. The molecule has 0 saturated heterocycles. The second-order valence-corrected chi connectivity index (χ2v) is 3.63. The molecule has 0 unspecified atom stereocenters. The maximum Gasteiger partial charge on any atom is 0.0692 e. The normalized spacial score (nSPS) is 10.3. The number of anilines is 2. The van der Waals surface area contributed by atoms with E-state index in [0.717, 1.165) is 30.0 Å². The average Bonchev–Trinajstić information content (AvgIpc) is 2.77. The molecule has 0 spiro atoms. The van der Waals surface area contributed by atoms with Gasteiger partial charge in [0.05, 0.1) is 24.1 Å². The van der Waals surface area contributed by atoms with Crippen molar-refractivity contribution in [3.05, 3.63) is 36.2 Å². The standard InChI is InChI=1S/C11H15N5/c1-9-3-2-4-10(11(9)12)13-5-7-16-8-6-14-15-16/h2-4,6,8,13H,5,7,12H2,1H3. The van der Waals surface area contributed by atoms with Crippen LogP contribution < -0.4 is 11.1 Å². The van der Waals surface area contributed by atoms with Crippen LogP contribution in [0.15, 0.2) is 30.6 Å². The summed E-state index contributed by atoms with van der Waals surface area (Å²) in [7, 11) is 0. The molecule has 3 N–H and O–H groups in total. The van der Waals surface area contributed by atoms with Gasteiger partial charge in [0.1, 0.15) is 0 Å². The largest absolute Gasteiger partial charge is 0.397 e. The van der Waals surface area contributed by atoms with Crippen molar-refractivity contribution in [2.24, 2.45) is 0 Å². The highest BCUT2D eigenvalue weighted by Crippen LogP contribution is 2.21. The zero-order valence-corrected chi connectivity index (χ0v) is 9.22. The number of nitrogens with two attached hydrogens (primary N) is 1. The van der Waals surface area contributed by atoms with Crippen LogP contribution in [0.5, 0.6) is 0 Å². The van der Waals surface area contributed by atoms with Crippen LogP contribution in [0, 0.1) is 6.92 Å². The smallest absolute Gasteiger partial charge is 0.0692 e. The highest BCUT2D eigenvalue weighted by Gasteiger charge is 2.00. The average molecular weight is 217 g/mol. The molecule has 0 aliphatic rings. The second-order valence-electron chi connectivity index (χ2n) is 3.63. The van der Waals surface area contributed by atoms with E-state index >= 15 is 0 Å². The number of para-hydroxylation sites is 1. The van der Waals surface area contributed by atoms with E-state index in [0.29, 0.717) is 0 Å². The third-order valence-electron chi connectivity index (χ3n) is 2.45. The molecule has 0 aliphatic carbocycles. The van der Waals surface area contributed by atoms with Crippen molar-refractivity contribution in [3.8, 4) is 0 Å². The second kappa shape index (κ2) is 4.65. The number of aryl methyl sites for hydroxylation is 1. The molecule has 5 heteroatoms. The Bertz CT molecular complexity index is 449. The van der Waals surface area contributed by atoms with Crippen molar-refractivity contribution in [1.82, 2.24) is 15.0 Å². The molecule has 0 amide bonds. The predicted octanol–water partition coefficient (Wildman–Crippen LogP) is 1.28. The van der Waals surface area contributed by atoms with Crippen molar-refractivity contribution in [1.29, 1.82) is 0 Å². The van der Waals surface area contributed by atoms with E-state index in [1.807, 2.05) is 31.3 Å². The van der Waals surface area contributed by atoms with Crippen molar-refractivity contribution in [2.45, 2.75) is 13.5 Å². The van der Waals surface area contributed by atoms with E-state index in [2.05, 4.69) is 15.6 Å². The Kier molecular flexibility index (Phi) is 3.05. The molecule has 1 aromatic carbocycles. The van der Waals surface area contributed by atoms with Gasteiger partial charge in [-0.25, -0.2) is 0 Å². The predicted molar refractivity (Wildman–Crippen MR) is 64.1 cm³/mol. The first-order chi connectivity index (χ1) is 7.77. The van der Waals surface area contributed by atoms with Gasteiger partial charge in [-0.3, -0.25) is 4.68 Å². The summed E-state index contributed by atoms with van der Waals surface area (Å²) >= 11 is 0. The van der Waals surface area contributed by atoms with Gasteiger partial charge in [-0.15, -0.1) is 5.10 Å². The minimum absolute atomic E-state index is 0.771. The van der Waals surface area contributed by atoms with E-state index in [1.165, 1.54) is 0 Å². The van der Waals surface area contributed by atoms with Crippen molar-refractivity contribution in [3.63, 3.8) is 0 Å². The van der Waals surface area contributed by atoms with E-state index in [4.69, 9.17) is 5.73 Å². The summed E-state index contributed by atoms with van der Waals surface area (Å²) in [5.41, 5.74) is 8.81. The molecule has 0 saturated carbocycles. The lowest BCUT2D eigenvalue weighted by Crippen LogP contribution is -2.12. The zero-order chi connectivity index (χ0) is 11.4. The number of nitrogen functional groups attached to an aromatic ring is 1. The summed E-state index contributed by atoms with van der Waals surface area (Å²) in [6.45, 7) is 3.54. The summed E-state index contributed by atoms with van der Waals surface area (Å²) in [5.74, 6) is 0. The number of nitrogens with one attached hydrogen (secondary N) is 1. The molecule has 1 heterocycles. The van der Waals surface area contributed by atoms with Gasteiger partial charge in [-0.2, -0.15) is 0 Å². The molecular formula is C11H15N5. The molecule has 0 bridgehead atoms. The van der Waals surface area contributed by atoms with Gasteiger partial charge < -0.3 is 11.1 Å². The number of rotatable bonds is 4. The van der Waals surface area contributed by atoms with Crippen LogP contribution in [-0.4, -0.2) is 21.5 Å². The highest BCUT2D eigenvalue weighted by molar-refractivity contribution is 5.69. The lowest BCUT2D eigenvalue weighted by atomic mass is 10.2. The fourth-order valence-corrected chi connectivity index (χ4v) is 1.49. The maximum absolute atomic E-state index is 5.94. The Balaban J connectivity index is 1.92. The minimum Gasteiger partial charge on any atom is -0.397 e. The quantitative estimate of drug-likeness (QED) is 0.757. The molecule has 16 heavy (non-hydrogen) atoms. The Labute approximate surface area is 94.3 Å². The lowest BCUT2D eigenvalue weighted by molar-refractivity contribution is 0.609. The summed E-state index contributed by atoms with van der Waals surface area (Å²) < 4.78 is 1.78. The molecule has 2 aromatic rings. The molecule has 1 aromatic heterocycles. The number of aromatic nitrogens is 3. The Morgan fingerprint density at radius 2 is 2.31 bits per heavy atom. The van der Waals surface area contributed by atoms with Gasteiger partial charge in [0, 0.05) is 12.7 Å². The number of benzene rings is 1. The number of hydrogen-bond acceptors (Lipinski definition) is 4. The van der Waals surface area contributed by atoms with Gasteiger partial charge in [0.15, 0.2) is 0 Å². The summed E-state index contributed by atoms with van der Waals surface area (Å²) in [6.07, 6.45) is 3.50. The Morgan fingerprint density at radius 3 is 3.06 bits per heavy atom. The summed E-state index contributed by atoms with van der Waals surface area (Å²) in [5, 5.41) is 10.9. The Morgan fingerprint density at radius 1 is 1.44 bits per heavy atom. The van der Waals surface area contributed by atoms with E-state index in [1.54, 1.807) is 10.9 Å². The number of nitrogens with zero attached hydrogens (tertiary/aromatic N) is 3. The van der Waals surface area contributed by atoms with E-state index in [-0.39, 0.29) is 0 Å². The zero-order valence-electron chi connectivity index (χ0n) is 9.22. The molecule has 0 aliphatic heterocycles. The third-order valence-corrected chi connectivity index (χ3v) is 2.45. The van der Waals surface area contributed by atoms with Gasteiger partial charge >= 0.3 is 0 Å². The highest BCUT2D eigenvalue weighted by atomic mass is 15.4. The molecule has 5 nitrogen and oxygen atoms in total. The van der Waals surface area contributed by atoms with Gasteiger partial charge in [-0.1, -0.05) is 17.3 Å². The molecule has 0 radical (unpaired) electrons. The molecule has 0 fully saturated rings. The van der Waals surface area contributed by atoms with Crippen LogP contribution in [0.3, 0.4) is 0 Å². The van der Waals surface area contributed by atoms with Crippen LogP contribution >= 0.6 is 0 Å². The first-order valence-corrected chi connectivity index (χ1v) is 5.20.